The number of benzene rings is 1. The maximum absolute atomic E-state index is 12.3. The fourth-order valence-electron chi connectivity index (χ4n) is 3.35. The number of carbonyl (C=O) groups excluding carboxylic acids is 1. The van der Waals surface area contributed by atoms with Gasteiger partial charge in [0.15, 0.2) is 0 Å². The highest BCUT2D eigenvalue weighted by Crippen LogP contribution is 2.28. The van der Waals surface area contributed by atoms with Gasteiger partial charge < -0.3 is 20.6 Å². The van der Waals surface area contributed by atoms with Crippen molar-refractivity contribution in [2.45, 2.75) is 52.6 Å². The number of urea groups is 1. The van der Waals surface area contributed by atoms with Gasteiger partial charge in [-0.05, 0) is 50.2 Å². The van der Waals surface area contributed by atoms with E-state index in [0.29, 0.717) is 13.0 Å². The molecule has 5 nitrogen and oxygen atoms in total. The molecular weight excluding hydrogens is 302 g/mol. The van der Waals surface area contributed by atoms with Crippen LogP contribution in [0.4, 0.5) is 16.2 Å². The van der Waals surface area contributed by atoms with Crippen LogP contribution in [-0.2, 0) is 0 Å². The average Bonchev–Trinajstić information content (AvgIpc) is 2.53. The minimum absolute atomic E-state index is 0.141. The normalized spacial score (nSPS) is 16.6. The summed E-state index contributed by atoms with van der Waals surface area (Å²) in [5, 5.41) is 15.4. The number of hydrogen-bond acceptors (Lipinski definition) is 3. The molecule has 0 saturated carbocycles. The van der Waals surface area contributed by atoms with Gasteiger partial charge in [-0.1, -0.05) is 26.0 Å². The number of anilines is 2. The number of para-hydroxylation sites is 2. The average molecular weight is 333 g/mol. The van der Waals surface area contributed by atoms with Gasteiger partial charge in [0.25, 0.3) is 0 Å². The Labute approximate surface area is 145 Å². The number of hydrogen-bond donors (Lipinski definition) is 3. The van der Waals surface area contributed by atoms with Crippen molar-refractivity contribution >= 4 is 17.4 Å². The lowest BCUT2D eigenvalue weighted by atomic mass is 9.87. The lowest BCUT2D eigenvalue weighted by Gasteiger charge is -2.31. The van der Waals surface area contributed by atoms with Gasteiger partial charge in [-0.25, -0.2) is 4.79 Å². The molecule has 134 valence electrons. The van der Waals surface area contributed by atoms with Crippen molar-refractivity contribution in [3.8, 4) is 0 Å². The molecule has 1 aromatic carbocycles. The second kappa shape index (κ2) is 8.38. The van der Waals surface area contributed by atoms with Crippen molar-refractivity contribution in [3.63, 3.8) is 0 Å². The first-order valence-corrected chi connectivity index (χ1v) is 8.94. The van der Waals surface area contributed by atoms with Crippen LogP contribution in [0.5, 0.6) is 0 Å². The maximum atomic E-state index is 12.3. The molecule has 1 heterocycles. The summed E-state index contributed by atoms with van der Waals surface area (Å²) in [5.74, 6) is 0. The summed E-state index contributed by atoms with van der Waals surface area (Å²) >= 11 is 0. The molecule has 0 aromatic heterocycles. The molecule has 0 bridgehead atoms. The Bertz CT molecular complexity index is 537. The topological polar surface area (TPSA) is 64.6 Å². The molecule has 3 N–H and O–H groups in total. The summed E-state index contributed by atoms with van der Waals surface area (Å²) in [5.41, 5.74) is 1.80. The first kappa shape index (κ1) is 18.6. The van der Waals surface area contributed by atoms with Gasteiger partial charge in [0, 0.05) is 19.6 Å². The van der Waals surface area contributed by atoms with E-state index in [1.807, 2.05) is 32.0 Å². The number of amides is 2. The Balaban J connectivity index is 1.94. The second-order valence-corrected chi connectivity index (χ2v) is 7.59. The third-order valence-electron chi connectivity index (χ3n) is 4.42. The number of aliphatic hydroxyl groups excluding tert-OH is 1. The minimum Gasteiger partial charge on any atom is -0.393 e. The second-order valence-electron chi connectivity index (χ2n) is 7.59. The molecule has 0 radical (unpaired) electrons. The van der Waals surface area contributed by atoms with Crippen molar-refractivity contribution in [1.29, 1.82) is 0 Å². The van der Waals surface area contributed by atoms with Crippen molar-refractivity contribution in [1.82, 2.24) is 5.32 Å². The van der Waals surface area contributed by atoms with Crippen LogP contribution < -0.4 is 15.5 Å². The monoisotopic (exact) mass is 333 g/mol. The van der Waals surface area contributed by atoms with Gasteiger partial charge in [-0.3, -0.25) is 0 Å². The van der Waals surface area contributed by atoms with Crippen LogP contribution in [0, 0.1) is 5.41 Å². The molecule has 1 aliphatic heterocycles. The highest BCUT2D eigenvalue weighted by Gasteiger charge is 2.21. The van der Waals surface area contributed by atoms with E-state index < -0.39 is 0 Å². The van der Waals surface area contributed by atoms with Crippen LogP contribution in [-0.4, -0.2) is 36.9 Å². The van der Waals surface area contributed by atoms with Crippen LogP contribution in [0.25, 0.3) is 0 Å². The van der Waals surface area contributed by atoms with Crippen LogP contribution >= 0.6 is 0 Å². The van der Waals surface area contributed by atoms with E-state index in [1.54, 1.807) is 6.92 Å². The Morgan fingerprint density at radius 1 is 1.25 bits per heavy atom. The van der Waals surface area contributed by atoms with Gasteiger partial charge in [0.2, 0.25) is 0 Å². The molecule has 2 rings (SSSR count). The Hall–Kier alpha value is -1.75. The molecule has 5 heteroatoms. The molecule has 0 aliphatic carbocycles. The number of carbonyl (C=O) groups is 1. The van der Waals surface area contributed by atoms with Gasteiger partial charge in [-0.2, -0.15) is 0 Å². The number of rotatable bonds is 6. The summed E-state index contributed by atoms with van der Waals surface area (Å²) in [4.78, 5) is 14.6. The van der Waals surface area contributed by atoms with Crippen molar-refractivity contribution < 1.29 is 9.90 Å². The first-order valence-electron chi connectivity index (χ1n) is 8.94. The number of nitrogens with zero attached hydrogens (tertiary/aromatic N) is 1. The van der Waals surface area contributed by atoms with Crippen molar-refractivity contribution in [3.05, 3.63) is 24.3 Å². The molecule has 1 aliphatic rings. The molecule has 1 atom stereocenters. The van der Waals surface area contributed by atoms with Crippen LogP contribution in [0.2, 0.25) is 0 Å². The standard InChI is InChI=1S/C19H31N3O2/c1-15(23)13-19(2,3)14-20-18(24)21-16-9-5-6-10-17(16)22-11-7-4-8-12-22/h5-6,9-10,15,23H,4,7-8,11-14H2,1-3H3,(H2,20,21,24). The van der Waals surface area contributed by atoms with Gasteiger partial charge in [-0.15, -0.1) is 0 Å². The molecule has 1 fully saturated rings. The molecule has 0 spiro atoms. The van der Waals surface area contributed by atoms with E-state index in [2.05, 4.69) is 21.6 Å². The van der Waals surface area contributed by atoms with E-state index in [4.69, 9.17) is 0 Å². The van der Waals surface area contributed by atoms with Crippen LogP contribution in [0.3, 0.4) is 0 Å². The number of nitrogens with one attached hydrogen (secondary N) is 2. The molecule has 24 heavy (non-hydrogen) atoms. The van der Waals surface area contributed by atoms with Crippen molar-refractivity contribution in [2.75, 3.05) is 29.9 Å². The zero-order valence-corrected chi connectivity index (χ0v) is 15.1. The number of aliphatic hydroxyl groups is 1. The van der Waals surface area contributed by atoms with Gasteiger partial charge in [0.05, 0.1) is 17.5 Å². The molecular formula is C19H31N3O2. The molecule has 1 saturated heterocycles. The Kier molecular flexibility index (Phi) is 6.49. The first-order chi connectivity index (χ1) is 11.4. The lowest BCUT2D eigenvalue weighted by molar-refractivity contribution is 0.129. The predicted octanol–water partition coefficient (Wildman–Crippen LogP) is 3.60. The Morgan fingerprint density at radius 2 is 1.92 bits per heavy atom. The van der Waals surface area contributed by atoms with E-state index in [9.17, 15) is 9.90 Å². The smallest absolute Gasteiger partial charge is 0.319 e. The molecule has 1 aromatic rings. The fraction of sp³-hybridized carbons (Fsp3) is 0.632. The largest absolute Gasteiger partial charge is 0.393 e. The van der Waals surface area contributed by atoms with Gasteiger partial charge >= 0.3 is 6.03 Å². The quantitative estimate of drug-likeness (QED) is 0.745. The summed E-state index contributed by atoms with van der Waals surface area (Å²) in [6.07, 6.45) is 3.97. The minimum atomic E-state index is -0.371. The zero-order valence-electron chi connectivity index (χ0n) is 15.1. The van der Waals surface area contributed by atoms with E-state index in [1.165, 1.54) is 19.3 Å². The van der Waals surface area contributed by atoms with Crippen LogP contribution in [0.15, 0.2) is 24.3 Å². The SMILES string of the molecule is CC(O)CC(C)(C)CNC(=O)Nc1ccccc1N1CCCCC1. The highest BCUT2D eigenvalue weighted by molar-refractivity contribution is 5.93. The fourth-order valence-corrected chi connectivity index (χ4v) is 3.35. The Morgan fingerprint density at radius 3 is 2.58 bits per heavy atom. The van der Waals surface area contributed by atoms with Crippen LogP contribution in [0.1, 0.15) is 46.5 Å². The predicted molar refractivity (Wildman–Crippen MR) is 99.6 cm³/mol. The zero-order chi connectivity index (χ0) is 17.6. The van der Waals surface area contributed by atoms with E-state index in [-0.39, 0.29) is 17.6 Å². The summed E-state index contributed by atoms with van der Waals surface area (Å²) in [6.45, 7) is 8.47. The van der Waals surface area contributed by atoms with E-state index >= 15 is 0 Å². The molecule has 2 amide bonds. The van der Waals surface area contributed by atoms with E-state index in [0.717, 1.165) is 24.5 Å². The molecule has 1 unspecified atom stereocenters. The summed E-state index contributed by atoms with van der Waals surface area (Å²) in [7, 11) is 0. The lowest BCUT2D eigenvalue weighted by Crippen LogP contribution is -2.38. The van der Waals surface area contributed by atoms with Crippen molar-refractivity contribution in [2.24, 2.45) is 5.41 Å². The van der Waals surface area contributed by atoms with Gasteiger partial charge in [0.1, 0.15) is 0 Å². The summed E-state index contributed by atoms with van der Waals surface area (Å²) in [6, 6.07) is 7.78. The third-order valence-corrected chi connectivity index (χ3v) is 4.42. The third kappa shape index (κ3) is 5.71. The summed E-state index contributed by atoms with van der Waals surface area (Å²) < 4.78 is 0. The maximum Gasteiger partial charge on any atom is 0.319 e. The number of piperidine rings is 1. The highest BCUT2D eigenvalue weighted by atomic mass is 16.3.